The highest BCUT2D eigenvalue weighted by atomic mass is 15.0. The van der Waals surface area contributed by atoms with Crippen molar-refractivity contribution in [1.29, 1.82) is 0 Å². The zero-order chi connectivity index (χ0) is 31.5. The molecular formula is C44H31N3. The van der Waals surface area contributed by atoms with E-state index in [1.54, 1.807) is 0 Å². The Morgan fingerprint density at radius 2 is 0.809 bits per heavy atom. The van der Waals surface area contributed by atoms with E-state index in [4.69, 9.17) is 15.0 Å². The zero-order valence-corrected chi connectivity index (χ0v) is 26.3. The summed E-state index contributed by atoms with van der Waals surface area (Å²) in [5.74, 6) is 1.98. The summed E-state index contributed by atoms with van der Waals surface area (Å²) in [5.41, 5.74) is 10.7. The van der Waals surface area contributed by atoms with Crippen molar-refractivity contribution in [3.8, 4) is 56.4 Å². The average Bonchev–Trinajstić information content (AvgIpc) is 3.37. The van der Waals surface area contributed by atoms with Crippen LogP contribution in [-0.2, 0) is 5.41 Å². The van der Waals surface area contributed by atoms with Gasteiger partial charge in [0.2, 0.25) is 0 Å². The Hall–Kier alpha value is -5.93. The van der Waals surface area contributed by atoms with Crippen molar-refractivity contribution in [1.82, 2.24) is 15.0 Å². The van der Waals surface area contributed by atoms with E-state index in [0.29, 0.717) is 17.5 Å². The van der Waals surface area contributed by atoms with Gasteiger partial charge in [-0.1, -0.05) is 153 Å². The van der Waals surface area contributed by atoms with Crippen LogP contribution in [0.25, 0.3) is 78.0 Å². The number of fused-ring (bicyclic) bond motifs is 5. The topological polar surface area (TPSA) is 38.7 Å². The Labute approximate surface area is 274 Å². The monoisotopic (exact) mass is 601 g/mol. The maximum Gasteiger partial charge on any atom is 0.164 e. The van der Waals surface area contributed by atoms with Gasteiger partial charge in [-0.05, 0) is 67.1 Å². The first-order valence-corrected chi connectivity index (χ1v) is 16.1. The van der Waals surface area contributed by atoms with Crippen molar-refractivity contribution in [3.63, 3.8) is 0 Å². The van der Waals surface area contributed by atoms with Crippen LogP contribution in [0.4, 0.5) is 0 Å². The van der Waals surface area contributed by atoms with Crippen LogP contribution in [0.2, 0.25) is 0 Å². The van der Waals surface area contributed by atoms with Crippen LogP contribution >= 0.6 is 0 Å². The van der Waals surface area contributed by atoms with Crippen LogP contribution in [0, 0.1) is 0 Å². The average molecular weight is 602 g/mol. The molecule has 8 aromatic rings. The Morgan fingerprint density at radius 3 is 1.43 bits per heavy atom. The van der Waals surface area contributed by atoms with Gasteiger partial charge in [0.05, 0.1) is 0 Å². The van der Waals surface area contributed by atoms with Crippen LogP contribution in [0.15, 0.2) is 152 Å². The molecule has 0 atom stereocenters. The SMILES string of the molecule is CC1(C)c2ccccc2-c2c(-c3ccc(-c4nc(-c5ccc6ccccc6c5)nc(-c5ccc6ccccc6c5)n4)cc3)cccc21. The Balaban J connectivity index is 1.17. The fourth-order valence-electron chi connectivity index (χ4n) is 7.21. The maximum atomic E-state index is 5.06. The molecule has 0 N–H and O–H groups in total. The lowest BCUT2D eigenvalue weighted by Crippen LogP contribution is -2.14. The highest BCUT2D eigenvalue weighted by molar-refractivity contribution is 5.93. The number of nitrogens with zero attached hydrogens (tertiary/aromatic N) is 3. The van der Waals surface area contributed by atoms with E-state index in [9.17, 15) is 0 Å². The molecule has 222 valence electrons. The van der Waals surface area contributed by atoms with Gasteiger partial charge in [-0.3, -0.25) is 0 Å². The number of hydrogen-bond donors (Lipinski definition) is 0. The summed E-state index contributed by atoms with van der Waals surface area (Å²) in [5, 5.41) is 4.69. The highest BCUT2D eigenvalue weighted by Crippen LogP contribution is 2.51. The summed E-state index contributed by atoms with van der Waals surface area (Å²) in [7, 11) is 0. The fourth-order valence-corrected chi connectivity index (χ4v) is 7.21. The van der Waals surface area contributed by atoms with Gasteiger partial charge in [0.25, 0.3) is 0 Å². The third-order valence-electron chi connectivity index (χ3n) is 9.71. The molecule has 0 saturated heterocycles. The lowest BCUT2D eigenvalue weighted by molar-refractivity contribution is 0.660. The third-order valence-corrected chi connectivity index (χ3v) is 9.71. The minimum Gasteiger partial charge on any atom is -0.208 e. The van der Waals surface area contributed by atoms with Gasteiger partial charge in [-0.15, -0.1) is 0 Å². The van der Waals surface area contributed by atoms with Gasteiger partial charge >= 0.3 is 0 Å². The van der Waals surface area contributed by atoms with E-state index >= 15 is 0 Å². The Kier molecular flexibility index (Phi) is 6.16. The molecule has 0 unspecified atom stereocenters. The quantitative estimate of drug-likeness (QED) is 0.201. The van der Waals surface area contributed by atoms with E-state index in [1.165, 1.54) is 44.2 Å². The van der Waals surface area contributed by atoms with E-state index in [-0.39, 0.29) is 5.41 Å². The minimum atomic E-state index is -0.0366. The van der Waals surface area contributed by atoms with Gasteiger partial charge in [0.15, 0.2) is 17.5 Å². The summed E-state index contributed by atoms with van der Waals surface area (Å²) >= 11 is 0. The lowest BCUT2D eigenvalue weighted by Gasteiger charge is -2.21. The van der Waals surface area contributed by atoms with Crippen LogP contribution in [0.1, 0.15) is 25.0 Å². The first-order valence-electron chi connectivity index (χ1n) is 16.1. The number of hydrogen-bond acceptors (Lipinski definition) is 3. The van der Waals surface area contributed by atoms with Crippen LogP contribution in [0.5, 0.6) is 0 Å². The van der Waals surface area contributed by atoms with E-state index < -0.39 is 0 Å². The molecule has 0 amide bonds. The predicted octanol–water partition coefficient (Wildman–Crippen LogP) is 11.2. The van der Waals surface area contributed by atoms with Crippen molar-refractivity contribution < 1.29 is 0 Å². The summed E-state index contributed by atoms with van der Waals surface area (Å²) in [6.07, 6.45) is 0. The van der Waals surface area contributed by atoms with Crippen molar-refractivity contribution in [2.24, 2.45) is 0 Å². The second kappa shape index (κ2) is 10.6. The standard InChI is InChI=1S/C44H31N3/c1-44(2)38-16-8-7-14-37(38)40-36(15-9-17-39(40)44)30-20-22-31(23-21-30)41-45-42(34-24-18-28-10-3-5-12-32(28)26-34)47-43(46-41)35-25-19-29-11-4-6-13-33(29)27-35/h3-27H,1-2H3. The van der Waals surface area contributed by atoms with Crippen molar-refractivity contribution >= 4 is 21.5 Å². The highest BCUT2D eigenvalue weighted by Gasteiger charge is 2.36. The summed E-state index contributed by atoms with van der Waals surface area (Å²) in [6, 6.07) is 53.8. The molecule has 0 radical (unpaired) electrons. The van der Waals surface area contributed by atoms with Gasteiger partial charge in [-0.25, -0.2) is 15.0 Å². The predicted molar refractivity (Wildman–Crippen MR) is 194 cm³/mol. The van der Waals surface area contributed by atoms with Gasteiger partial charge in [0, 0.05) is 22.1 Å². The summed E-state index contributed by atoms with van der Waals surface area (Å²) in [4.78, 5) is 15.1. The van der Waals surface area contributed by atoms with Gasteiger partial charge < -0.3 is 0 Å². The lowest BCUT2D eigenvalue weighted by atomic mass is 9.82. The molecule has 0 fully saturated rings. The second-order valence-corrected chi connectivity index (χ2v) is 12.9. The largest absolute Gasteiger partial charge is 0.208 e. The number of benzene rings is 7. The first-order chi connectivity index (χ1) is 23.0. The van der Waals surface area contributed by atoms with E-state index in [0.717, 1.165) is 27.5 Å². The molecule has 1 heterocycles. The fraction of sp³-hybridized carbons (Fsp3) is 0.0682. The molecule has 0 spiro atoms. The second-order valence-electron chi connectivity index (χ2n) is 12.9. The third kappa shape index (κ3) is 4.54. The molecular weight excluding hydrogens is 571 g/mol. The number of rotatable bonds is 4. The molecule has 3 heteroatoms. The Bertz CT molecular complexity index is 2390. The smallest absolute Gasteiger partial charge is 0.164 e. The first kappa shape index (κ1) is 27.4. The van der Waals surface area contributed by atoms with Gasteiger partial charge in [0.1, 0.15) is 0 Å². The van der Waals surface area contributed by atoms with E-state index in [2.05, 4.69) is 166 Å². The summed E-state index contributed by atoms with van der Waals surface area (Å²) < 4.78 is 0. The minimum absolute atomic E-state index is 0.0366. The molecule has 7 aromatic carbocycles. The normalized spacial score (nSPS) is 13.1. The molecule has 1 aliphatic carbocycles. The van der Waals surface area contributed by atoms with Crippen molar-refractivity contribution in [2.45, 2.75) is 19.3 Å². The van der Waals surface area contributed by atoms with E-state index in [1.807, 2.05) is 0 Å². The maximum absolute atomic E-state index is 5.06. The summed E-state index contributed by atoms with van der Waals surface area (Å²) in [6.45, 7) is 4.65. The number of aromatic nitrogens is 3. The van der Waals surface area contributed by atoms with Crippen molar-refractivity contribution in [3.05, 3.63) is 163 Å². The molecule has 9 rings (SSSR count). The molecule has 1 aromatic heterocycles. The molecule has 3 nitrogen and oxygen atoms in total. The Morgan fingerprint density at radius 1 is 0.362 bits per heavy atom. The van der Waals surface area contributed by atoms with Gasteiger partial charge in [-0.2, -0.15) is 0 Å². The molecule has 0 bridgehead atoms. The molecule has 0 aliphatic heterocycles. The molecule has 47 heavy (non-hydrogen) atoms. The van der Waals surface area contributed by atoms with Crippen LogP contribution < -0.4 is 0 Å². The van der Waals surface area contributed by atoms with Crippen LogP contribution in [0.3, 0.4) is 0 Å². The molecule has 0 saturated carbocycles. The molecule has 1 aliphatic rings. The van der Waals surface area contributed by atoms with Crippen LogP contribution in [-0.4, -0.2) is 15.0 Å². The van der Waals surface area contributed by atoms with Crippen molar-refractivity contribution in [2.75, 3.05) is 0 Å². The zero-order valence-electron chi connectivity index (χ0n) is 26.3.